The highest BCUT2D eigenvalue weighted by molar-refractivity contribution is 8.00. The Labute approximate surface area is 283 Å². The van der Waals surface area contributed by atoms with E-state index in [1.54, 1.807) is 54.6 Å². The first-order valence-corrected chi connectivity index (χ1v) is 16.0. The van der Waals surface area contributed by atoms with E-state index in [4.69, 9.17) is 4.74 Å². The number of ether oxygens (including phenoxy) is 1. The molecular formula is C39H35N3O5S. The lowest BCUT2D eigenvalue weighted by Crippen LogP contribution is -2.30. The van der Waals surface area contributed by atoms with Crippen LogP contribution in [-0.2, 0) is 9.59 Å². The summed E-state index contributed by atoms with van der Waals surface area (Å²) >= 11 is 1.36. The van der Waals surface area contributed by atoms with Gasteiger partial charge in [-0.05, 0) is 91.2 Å². The number of carbonyl (C=O) groups is 3. The van der Waals surface area contributed by atoms with Crippen molar-refractivity contribution in [2.45, 2.75) is 24.0 Å². The van der Waals surface area contributed by atoms with Crippen LogP contribution in [0.15, 0.2) is 132 Å². The van der Waals surface area contributed by atoms with Crippen molar-refractivity contribution in [3.05, 3.63) is 155 Å². The molecule has 5 aromatic rings. The number of amides is 3. The van der Waals surface area contributed by atoms with E-state index in [0.717, 1.165) is 21.6 Å². The van der Waals surface area contributed by atoms with Gasteiger partial charge in [0.2, 0.25) is 5.91 Å². The zero-order chi connectivity index (χ0) is 34.0. The standard InChI is InChI=1S/C39H35N3O5S/c1-25-17-19-31(21-26(25)2)41-39(46)36(27-11-6-4-7-12-27)48-33-16-10-15-30(23-33)40-38(45)34(42-37(44)28-13-8-5-9-14-28)22-29-18-20-32(43)24-35(29)47-3/h4-24,36,43H,1-3H3,(H,40,45)(H,41,46)(H,42,44)/b34-22+. The first-order valence-electron chi connectivity index (χ1n) is 15.2. The van der Waals surface area contributed by atoms with Crippen molar-refractivity contribution in [3.8, 4) is 11.5 Å². The van der Waals surface area contributed by atoms with Crippen molar-refractivity contribution in [1.29, 1.82) is 0 Å². The Bertz CT molecular complexity index is 1960. The van der Waals surface area contributed by atoms with E-state index in [9.17, 15) is 19.5 Å². The summed E-state index contributed by atoms with van der Waals surface area (Å²) in [5.74, 6) is -0.920. The van der Waals surface area contributed by atoms with Crippen molar-refractivity contribution in [2.24, 2.45) is 0 Å². The molecule has 0 radical (unpaired) electrons. The third-order valence-electron chi connectivity index (χ3n) is 7.51. The molecule has 0 aliphatic carbocycles. The van der Waals surface area contributed by atoms with Crippen LogP contribution in [0, 0.1) is 13.8 Å². The van der Waals surface area contributed by atoms with Gasteiger partial charge in [-0.15, -0.1) is 11.8 Å². The number of nitrogens with one attached hydrogen (secondary N) is 3. The maximum atomic E-state index is 13.7. The third-order valence-corrected chi connectivity index (χ3v) is 8.75. The van der Waals surface area contributed by atoms with Gasteiger partial charge in [0.25, 0.3) is 11.8 Å². The van der Waals surface area contributed by atoms with Crippen LogP contribution in [0.25, 0.3) is 6.08 Å². The number of methoxy groups -OCH3 is 1. The largest absolute Gasteiger partial charge is 0.508 e. The molecule has 9 heteroatoms. The summed E-state index contributed by atoms with van der Waals surface area (Å²) < 4.78 is 5.39. The number of anilines is 2. The van der Waals surface area contributed by atoms with Crippen LogP contribution >= 0.6 is 11.8 Å². The molecule has 1 unspecified atom stereocenters. The average Bonchev–Trinajstić information content (AvgIpc) is 3.10. The minimum atomic E-state index is -0.582. The fourth-order valence-electron chi connectivity index (χ4n) is 4.83. The highest BCUT2D eigenvalue weighted by Crippen LogP contribution is 2.37. The summed E-state index contributed by atoms with van der Waals surface area (Å²) in [6.07, 6.45) is 1.48. The Morgan fingerprint density at radius 3 is 2.17 bits per heavy atom. The molecule has 242 valence electrons. The zero-order valence-corrected chi connectivity index (χ0v) is 27.5. The van der Waals surface area contributed by atoms with E-state index in [1.165, 1.54) is 37.1 Å². The number of aryl methyl sites for hydroxylation is 2. The number of benzene rings is 5. The van der Waals surface area contributed by atoms with Gasteiger partial charge in [0.1, 0.15) is 22.4 Å². The monoisotopic (exact) mass is 657 g/mol. The molecule has 0 aromatic heterocycles. The topological polar surface area (TPSA) is 117 Å². The molecule has 0 aliphatic heterocycles. The minimum Gasteiger partial charge on any atom is -0.508 e. The van der Waals surface area contributed by atoms with Gasteiger partial charge in [0.05, 0.1) is 7.11 Å². The Hall–Kier alpha value is -5.80. The van der Waals surface area contributed by atoms with Gasteiger partial charge in [-0.2, -0.15) is 0 Å². The number of phenolic OH excluding ortho intramolecular Hbond substituents is 1. The zero-order valence-electron chi connectivity index (χ0n) is 26.7. The maximum Gasteiger partial charge on any atom is 0.272 e. The average molecular weight is 658 g/mol. The highest BCUT2D eigenvalue weighted by atomic mass is 32.2. The van der Waals surface area contributed by atoms with Crippen LogP contribution in [-0.4, -0.2) is 29.9 Å². The normalized spacial score (nSPS) is 11.7. The second kappa shape index (κ2) is 15.7. The van der Waals surface area contributed by atoms with E-state index < -0.39 is 17.1 Å². The fraction of sp³-hybridized carbons (Fsp3) is 0.103. The van der Waals surface area contributed by atoms with Gasteiger partial charge in [-0.1, -0.05) is 60.7 Å². The Morgan fingerprint density at radius 1 is 0.750 bits per heavy atom. The van der Waals surface area contributed by atoms with Crippen molar-refractivity contribution < 1.29 is 24.2 Å². The van der Waals surface area contributed by atoms with Gasteiger partial charge in [-0.25, -0.2) is 0 Å². The summed E-state index contributed by atoms with van der Waals surface area (Å²) in [5, 5.41) is 18.0. The maximum absolute atomic E-state index is 13.7. The predicted octanol–water partition coefficient (Wildman–Crippen LogP) is 7.90. The van der Waals surface area contributed by atoms with Crippen LogP contribution in [0.2, 0.25) is 0 Å². The quantitative estimate of drug-likeness (QED) is 0.0848. The summed E-state index contributed by atoms with van der Waals surface area (Å²) in [6, 6.07) is 35.5. The fourth-order valence-corrected chi connectivity index (χ4v) is 5.91. The molecular weight excluding hydrogens is 623 g/mol. The number of aromatic hydroxyl groups is 1. The Kier molecular flexibility index (Phi) is 11.0. The van der Waals surface area contributed by atoms with E-state index in [-0.39, 0.29) is 17.4 Å². The molecule has 48 heavy (non-hydrogen) atoms. The van der Waals surface area contributed by atoms with Crippen LogP contribution in [0.3, 0.4) is 0 Å². The van der Waals surface area contributed by atoms with Gasteiger partial charge in [-0.3, -0.25) is 14.4 Å². The van der Waals surface area contributed by atoms with Crippen molar-refractivity contribution in [2.75, 3.05) is 17.7 Å². The molecule has 0 spiro atoms. The summed E-state index contributed by atoms with van der Waals surface area (Å²) in [4.78, 5) is 41.2. The second-order valence-corrected chi connectivity index (χ2v) is 12.2. The van der Waals surface area contributed by atoms with E-state index in [0.29, 0.717) is 28.3 Å². The molecule has 0 saturated heterocycles. The molecule has 0 fully saturated rings. The third kappa shape index (κ3) is 8.71. The van der Waals surface area contributed by atoms with Crippen molar-refractivity contribution >= 4 is 46.9 Å². The van der Waals surface area contributed by atoms with Crippen LogP contribution in [0.1, 0.15) is 37.9 Å². The molecule has 8 nitrogen and oxygen atoms in total. The van der Waals surface area contributed by atoms with E-state index in [1.807, 2.05) is 68.4 Å². The van der Waals surface area contributed by atoms with Crippen LogP contribution in [0.4, 0.5) is 11.4 Å². The summed E-state index contributed by atoms with van der Waals surface area (Å²) in [5.41, 5.74) is 5.03. The first-order chi connectivity index (χ1) is 23.2. The minimum absolute atomic E-state index is 0.00546. The molecule has 5 rings (SSSR count). The van der Waals surface area contributed by atoms with E-state index in [2.05, 4.69) is 16.0 Å². The van der Waals surface area contributed by atoms with Crippen LogP contribution in [0.5, 0.6) is 11.5 Å². The number of rotatable bonds is 11. The molecule has 0 bridgehead atoms. The smallest absolute Gasteiger partial charge is 0.272 e. The summed E-state index contributed by atoms with van der Waals surface area (Å²) in [7, 11) is 1.45. The molecule has 0 aliphatic rings. The lowest BCUT2D eigenvalue weighted by molar-refractivity contribution is -0.116. The lowest BCUT2D eigenvalue weighted by Gasteiger charge is -2.18. The van der Waals surface area contributed by atoms with Crippen molar-refractivity contribution in [1.82, 2.24) is 5.32 Å². The van der Waals surface area contributed by atoms with Crippen molar-refractivity contribution in [3.63, 3.8) is 0 Å². The van der Waals surface area contributed by atoms with Gasteiger partial charge in [0.15, 0.2) is 0 Å². The number of phenols is 1. The van der Waals surface area contributed by atoms with Gasteiger partial charge >= 0.3 is 0 Å². The molecule has 0 heterocycles. The Balaban J connectivity index is 1.40. The number of hydrogen-bond donors (Lipinski definition) is 4. The Morgan fingerprint density at radius 2 is 1.46 bits per heavy atom. The van der Waals surface area contributed by atoms with Gasteiger partial charge < -0.3 is 25.8 Å². The first kappa shape index (κ1) is 33.6. The number of carbonyl (C=O) groups excluding carboxylic acids is 3. The summed E-state index contributed by atoms with van der Waals surface area (Å²) in [6.45, 7) is 4.03. The molecule has 0 saturated carbocycles. The van der Waals surface area contributed by atoms with Crippen LogP contribution < -0.4 is 20.7 Å². The SMILES string of the molecule is COc1cc(O)ccc1/C=C(/NC(=O)c1ccccc1)C(=O)Nc1cccc(SC(C(=O)Nc2ccc(C)c(C)c2)c2ccccc2)c1. The molecule has 5 aromatic carbocycles. The second-order valence-electron chi connectivity index (χ2n) is 11.0. The van der Waals surface area contributed by atoms with E-state index >= 15 is 0 Å². The lowest BCUT2D eigenvalue weighted by atomic mass is 10.1. The number of thioether (sulfide) groups is 1. The molecule has 3 amide bonds. The predicted molar refractivity (Wildman–Crippen MR) is 191 cm³/mol. The highest BCUT2D eigenvalue weighted by Gasteiger charge is 2.23. The van der Waals surface area contributed by atoms with Gasteiger partial charge in [0, 0.05) is 33.5 Å². The molecule has 4 N–H and O–H groups in total. The number of hydrogen-bond acceptors (Lipinski definition) is 6. The molecule has 1 atom stereocenters.